The van der Waals surface area contributed by atoms with Crippen LogP contribution in [0.5, 0.6) is 0 Å². The van der Waals surface area contributed by atoms with Gasteiger partial charge in [0.25, 0.3) is 0 Å². The Hall–Kier alpha value is -1.98. The van der Waals surface area contributed by atoms with E-state index in [2.05, 4.69) is 60.8 Å². The second-order valence-electron chi connectivity index (χ2n) is 7.78. The second-order valence-corrected chi connectivity index (χ2v) is 7.78. The summed E-state index contributed by atoms with van der Waals surface area (Å²) in [5.74, 6) is 1.23. The molecule has 3 atom stereocenters. The summed E-state index contributed by atoms with van der Waals surface area (Å²) in [6, 6.07) is 0.334. The van der Waals surface area contributed by atoms with E-state index in [1.165, 1.54) is 5.57 Å². The van der Waals surface area contributed by atoms with Crippen molar-refractivity contribution in [2.24, 2.45) is 5.92 Å². The molecule has 1 aliphatic rings. The Bertz CT molecular complexity index is 863. The molecule has 0 aliphatic carbocycles. The highest BCUT2D eigenvalue weighted by Gasteiger charge is 2.29. The van der Waals surface area contributed by atoms with Gasteiger partial charge in [0, 0.05) is 11.6 Å². The smallest absolute Gasteiger partial charge is 0.138 e. The van der Waals surface area contributed by atoms with Crippen molar-refractivity contribution in [2.75, 3.05) is 13.1 Å². The molecule has 0 bridgehead atoms. The molecule has 3 heterocycles. The maximum absolute atomic E-state index is 10.4. The quantitative estimate of drug-likeness (QED) is 0.771. The minimum absolute atomic E-state index is 0.334. The van der Waals surface area contributed by atoms with Crippen LogP contribution in [0.1, 0.15) is 69.8 Å². The zero-order valence-electron chi connectivity index (χ0n) is 17.2. The van der Waals surface area contributed by atoms with Crippen LogP contribution in [-0.2, 0) is 0 Å². The van der Waals surface area contributed by atoms with Crippen molar-refractivity contribution in [3.8, 4) is 0 Å². The molecule has 1 saturated heterocycles. The lowest BCUT2D eigenvalue weighted by Gasteiger charge is -2.33. The van der Waals surface area contributed by atoms with Gasteiger partial charge in [0.2, 0.25) is 0 Å². The summed E-state index contributed by atoms with van der Waals surface area (Å²) in [5, 5.41) is 13.8. The van der Waals surface area contributed by atoms with E-state index in [0.29, 0.717) is 12.0 Å². The summed E-state index contributed by atoms with van der Waals surface area (Å²) in [4.78, 5) is 9.36. The van der Waals surface area contributed by atoms with Gasteiger partial charge in [0.05, 0.1) is 17.4 Å². The number of imidazole rings is 1. The Morgan fingerprint density at radius 3 is 2.93 bits per heavy atom. The predicted octanol–water partition coefficient (Wildman–Crippen LogP) is 4.33. The predicted molar refractivity (Wildman–Crippen MR) is 112 cm³/mol. The summed E-state index contributed by atoms with van der Waals surface area (Å²) in [6.07, 6.45) is 9.60. The second kappa shape index (κ2) is 8.36. The molecular formula is C22H32N4O. The third-order valence-electron chi connectivity index (χ3n) is 5.67. The van der Waals surface area contributed by atoms with Gasteiger partial charge in [0.1, 0.15) is 17.4 Å². The van der Waals surface area contributed by atoms with Crippen LogP contribution in [0, 0.1) is 12.8 Å². The number of aliphatic hydroxyl groups is 1. The number of nitrogens with one attached hydrogen (secondary N) is 1. The fourth-order valence-corrected chi connectivity index (χ4v) is 3.88. The van der Waals surface area contributed by atoms with Gasteiger partial charge in [-0.05, 0) is 58.7 Å². The van der Waals surface area contributed by atoms with Gasteiger partial charge in [-0.25, -0.2) is 4.98 Å². The average Bonchev–Trinajstić information content (AvgIpc) is 3.04. The minimum atomic E-state index is -0.604. The summed E-state index contributed by atoms with van der Waals surface area (Å²) < 4.78 is 2.28. The lowest BCUT2D eigenvalue weighted by atomic mass is 9.94. The highest BCUT2D eigenvalue weighted by molar-refractivity contribution is 5.82. The first kappa shape index (κ1) is 19.8. The molecule has 1 fully saturated rings. The molecule has 0 amide bonds. The third kappa shape index (κ3) is 3.99. The number of allylic oxidation sites excluding steroid dienone is 3. The van der Waals surface area contributed by atoms with Crippen LogP contribution in [0.4, 0.5) is 0 Å². The number of piperidine rings is 1. The summed E-state index contributed by atoms with van der Waals surface area (Å²) >= 11 is 0. The highest BCUT2D eigenvalue weighted by atomic mass is 16.3. The molecule has 5 heteroatoms. The van der Waals surface area contributed by atoms with Crippen molar-refractivity contribution in [3.63, 3.8) is 0 Å². The Balaban J connectivity index is 2.14. The van der Waals surface area contributed by atoms with Crippen LogP contribution in [0.25, 0.3) is 17.1 Å². The van der Waals surface area contributed by atoms with Crippen molar-refractivity contribution < 1.29 is 5.11 Å². The molecule has 2 aromatic heterocycles. The van der Waals surface area contributed by atoms with Gasteiger partial charge in [0.15, 0.2) is 0 Å². The van der Waals surface area contributed by atoms with Gasteiger partial charge in [-0.3, -0.25) is 4.98 Å². The average molecular weight is 369 g/mol. The Morgan fingerprint density at radius 2 is 2.26 bits per heavy atom. The number of pyridine rings is 1. The molecule has 1 aliphatic heterocycles. The molecule has 0 saturated carbocycles. The highest BCUT2D eigenvalue weighted by Crippen LogP contribution is 2.34. The molecule has 0 spiro atoms. The lowest BCUT2D eigenvalue weighted by molar-refractivity contribution is 0.172. The van der Waals surface area contributed by atoms with E-state index < -0.39 is 6.10 Å². The molecule has 146 valence electrons. The van der Waals surface area contributed by atoms with Crippen LogP contribution in [0.2, 0.25) is 0 Å². The molecule has 3 unspecified atom stereocenters. The largest absolute Gasteiger partial charge is 0.385 e. The van der Waals surface area contributed by atoms with E-state index in [4.69, 9.17) is 4.98 Å². The lowest BCUT2D eigenvalue weighted by Crippen LogP contribution is -2.37. The molecule has 5 nitrogen and oxygen atoms in total. The van der Waals surface area contributed by atoms with Crippen LogP contribution in [-0.4, -0.2) is 32.7 Å². The molecule has 0 aromatic carbocycles. The molecule has 3 rings (SSSR count). The van der Waals surface area contributed by atoms with Gasteiger partial charge in [-0.15, -0.1) is 0 Å². The number of hydrogen-bond donors (Lipinski definition) is 2. The number of fused-ring (bicyclic) bond motifs is 1. The molecule has 27 heavy (non-hydrogen) atoms. The first-order chi connectivity index (χ1) is 12.9. The number of hydrogen-bond acceptors (Lipinski definition) is 4. The number of rotatable bonds is 5. The third-order valence-corrected chi connectivity index (χ3v) is 5.67. The van der Waals surface area contributed by atoms with Gasteiger partial charge < -0.3 is 15.0 Å². The van der Waals surface area contributed by atoms with E-state index in [9.17, 15) is 5.11 Å². The number of nitrogens with zero attached hydrogens (tertiary/aromatic N) is 3. The first-order valence-electron chi connectivity index (χ1n) is 10.0. The Labute approximate surface area is 162 Å². The standard InChI is InChI=1S/C22H32N4O/c1-6-14(2)8-7-9-18-16(4)21-19(13-24-18)25-22(17(5)27)26(21)20-10-11-23-12-15(20)3/h7-9,13,15,17,20,23,27H,6,10-12H2,1-5H3. The van der Waals surface area contributed by atoms with Gasteiger partial charge >= 0.3 is 0 Å². The minimum Gasteiger partial charge on any atom is -0.385 e. The fourth-order valence-electron chi connectivity index (χ4n) is 3.88. The fraction of sp³-hybridized carbons (Fsp3) is 0.545. The van der Waals surface area contributed by atoms with Crippen molar-refractivity contribution in [3.05, 3.63) is 41.0 Å². The van der Waals surface area contributed by atoms with E-state index in [-0.39, 0.29) is 0 Å². The van der Waals surface area contributed by atoms with E-state index in [1.54, 1.807) is 6.92 Å². The number of aromatic nitrogens is 3. The first-order valence-corrected chi connectivity index (χ1v) is 10.0. The van der Waals surface area contributed by atoms with Crippen LogP contribution in [0.3, 0.4) is 0 Å². The summed E-state index contributed by atoms with van der Waals surface area (Å²) in [6.45, 7) is 12.5. The summed E-state index contributed by atoms with van der Waals surface area (Å²) in [7, 11) is 0. The Morgan fingerprint density at radius 1 is 1.48 bits per heavy atom. The maximum atomic E-state index is 10.4. The monoisotopic (exact) mass is 368 g/mol. The SMILES string of the molecule is CCC(C)=CC=Cc1ncc2nc(C(C)O)n(C3CCNCC3C)c2c1C. The van der Waals surface area contributed by atoms with E-state index >= 15 is 0 Å². The van der Waals surface area contributed by atoms with Crippen LogP contribution >= 0.6 is 0 Å². The van der Waals surface area contributed by atoms with Crippen LogP contribution in [0.15, 0.2) is 23.9 Å². The van der Waals surface area contributed by atoms with Gasteiger partial charge in [-0.2, -0.15) is 0 Å². The van der Waals surface area contributed by atoms with Crippen molar-refractivity contribution in [2.45, 2.75) is 59.6 Å². The maximum Gasteiger partial charge on any atom is 0.138 e. The molecular weight excluding hydrogens is 336 g/mol. The number of aliphatic hydroxyl groups excluding tert-OH is 1. The molecule has 0 radical (unpaired) electrons. The number of aryl methyl sites for hydroxylation is 1. The molecule has 2 N–H and O–H groups in total. The van der Waals surface area contributed by atoms with Crippen molar-refractivity contribution in [1.29, 1.82) is 0 Å². The van der Waals surface area contributed by atoms with E-state index in [0.717, 1.165) is 54.0 Å². The van der Waals surface area contributed by atoms with E-state index in [1.807, 2.05) is 6.20 Å². The topological polar surface area (TPSA) is 63.0 Å². The zero-order chi connectivity index (χ0) is 19.6. The normalized spacial score (nSPS) is 22.7. The van der Waals surface area contributed by atoms with Crippen LogP contribution < -0.4 is 5.32 Å². The Kier molecular flexibility index (Phi) is 6.12. The zero-order valence-corrected chi connectivity index (χ0v) is 17.2. The molecule has 2 aromatic rings. The summed E-state index contributed by atoms with van der Waals surface area (Å²) in [5.41, 5.74) is 5.40. The van der Waals surface area contributed by atoms with Crippen molar-refractivity contribution in [1.82, 2.24) is 19.9 Å². The van der Waals surface area contributed by atoms with Gasteiger partial charge in [-0.1, -0.05) is 31.6 Å². The van der Waals surface area contributed by atoms with Crippen molar-refractivity contribution >= 4 is 17.1 Å².